The van der Waals surface area contributed by atoms with Gasteiger partial charge in [0.1, 0.15) is 12.4 Å². The van der Waals surface area contributed by atoms with Crippen LogP contribution in [0.4, 0.5) is 8.78 Å². The first-order chi connectivity index (χ1) is 13.3. The third kappa shape index (κ3) is 4.80. The highest BCUT2D eigenvalue weighted by Gasteiger charge is 2.24. The largest absolute Gasteiger partial charge is 0.489 e. The van der Waals surface area contributed by atoms with Crippen LogP contribution in [0.1, 0.15) is 30.5 Å². The van der Waals surface area contributed by atoms with Gasteiger partial charge in [-0.25, -0.2) is 8.78 Å². The topological polar surface area (TPSA) is 35.5 Å². The third-order valence-electron chi connectivity index (χ3n) is 4.22. The van der Waals surface area contributed by atoms with Crippen molar-refractivity contribution in [2.45, 2.75) is 32.8 Å². The quantitative estimate of drug-likeness (QED) is 0.414. The van der Waals surface area contributed by atoms with Crippen molar-refractivity contribution in [3.63, 3.8) is 0 Å². The fourth-order valence-electron chi connectivity index (χ4n) is 2.76. The average molecular weight is 425 g/mol. The Balaban J connectivity index is 1.71. The summed E-state index contributed by atoms with van der Waals surface area (Å²) in [5.74, 6) is -2.55. The first-order valence-corrected chi connectivity index (χ1v) is 9.99. The second kappa shape index (κ2) is 8.45. The summed E-state index contributed by atoms with van der Waals surface area (Å²) in [4.78, 5) is 11.7. The highest BCUT2D eigenvalue weighted by molar-refractivity contribution is 7.17. The van der Waals surface area contributed by atoms with Crippen LogP contribution in [0.2, 0.25) is 5.02 Å². The molecule has 1 heterocycles. The molecule has 0 aliphatic rings. The predicted molar refractivity (Wildman–Crippen MR) is 108 cm³/mol. The number of rotatable bonds is 7. The molecule has 0 atom stereocenters. The minimum absolute atomic E-state index is 0.129. The minimum atomic E-state index is -2.94. The van der Waals surface area contributed by atoms with Gasteiger partial charge in [-0.3, -0.25) is 4.79 Å². The van der Waals surface area contributed by atoms with E-state index < -0.39 is 5.92 Å². The Labute approximate surface area is 170 Å². The second-order valence-electron chi connectivity index (χ2n) is 6.38. The molecule has 2 aromatic carbocycles. The summed E-state index contributed by atoms with van der Waals surface area (Å²) in [7, 11) is 0. The van der Waals surface area contributed by atoms with Crippen molar-refractivity contribution >= 4 is 39.0 Å². The van der Waals surface area contributed by atoms with Gasteiger partial charge in [0.2, 0.25) is 0 Å². The van der Waals surface area contributed by atoms with Gasteiger partial charge in [-0.15, -0.1) is 11.3 Å². The number of carbonyl (C=O) groups excluding carboxylic acids is 1. The van der Waals surface area contributed by atoms with E-state index in [1.807, 2.05) is 23.6 Å². The Morgan fingerprint density at radius 1 is 1.18 bits per heavy atom. The van der Waals surface area contributed by atoms with Crippen LogP contribution in [-0.4, -0.2) is 12.6 Å². The first-order valence-electron chi connectivity index (χ1n) is 8.73. The molecule has 1 aromatic heterocycles. The summed E-state index contributed by atoms with van der Waals surface area (Å²) in [5.41, 5.74) is 1.42. The number of alkyl halides is 2. The van der Waals surface area contributed by atoms with E-state index in [2.05, 4.69) is 0 Å². The molecular formula is C21H19ClF2O3S. The molecule has 0 fully saturated rings. The molecule has 0 aliphatic carbocycles. The van der Waals surface area contributed by atoms with Crippen LogP contribution in [0.25, 0.3) is 10.1 Å². The number of fused-ring (bicyclic) bond motifs is 1. The molecule has 0 bridgehead atoms. The second-order valence-corrected chi connectivity index (χ2v) is 7.70. The molecule has 0 radical (unpaired) electrons. The van der Waals surface area contributed by atoms with Crippen molar-refractivity contribution in [2.24, 2.45) is 0 Å². The molecule has 3 aromatic rings. The molecule has 7 heteroatoms. The average Bonchev–Trinajstić information content (AvgIpc) is 3.02. The number of thiophene rings is 1. The SMILES string of the molecule is CCOC(=O)Cc1csc2cc(OCc3ccc(C(C)(F)F)cc3Cl)ccc12. The van der Waals surface area contributed by atoms with Crippen molar-refractivity contribution in [3.05, 3.63) is 63.5 Å². The molecule has 0 aliphatic heterocycles. The fourth-order valence-corrected chi connectivity index (χ4v) is 3.98. The number of hydrogen-bond acceptors (Lipinski definition) is 4. The van der Waals surface area contributed by atoms with Crippen molar-refractivity contribution in [1.82, 2.24) is 0 Å². The third-order valence-corrected chi connectivity index (χ3v) is 5.57. The van der Waals surface area contributed by atoms with Crippen LogP contribution < -0.4 is 4.74 Å². The standard InChI is InChI=1S/C21H19ClF2O3S/c1-3-26-20(25)8-14-12-28-19-10-16(6-7-17(14)19)27-11-13-4-5-15(9-18(13)22)21(2,23)24/h4-7,9-10,12H,3,8,11H2,1-2H3. The Bertz CT molecular complexity index is 995. The van der Waals surface area contributed by atoms with Crippen molar-refractivity contribution in [3.8, 4) is 5.75 Å². The van der Waals surface area contributed by atoms with Gasteiger partial charge in [0.25, 0.3) is 5.92 Å². The number of carbonyl (C=O) groups is 1. The zero-order chi connectivity index (χ0) is 20.3. The van der Waals surface area contributed by atoms with Crippen molar-refractivity contribution < 1.29 is 23.0 Å². The lowest BCUT2D eigenvalue weighted by Crippen LogP contribution is -2.07. The van der Waals surface area contributed by atoms with E-state index in [1.54, 1.807) is 13.0 Å². The molecule has 28 heavy (non-hydrogen) atoms. The Hall–Kier alpha value is -2.18. The number of ether oxygens (including phenoxy) is 2. The molecule has 0 spiro atoms. The number of hydrogen-bond donors (Lipinski definition) is 0. The monoisotopic (exact) mass is 424 g/mol. The van der Waals surface area contributed by atoms with Gasteiger partial charge in [0, 0.05) is 27.8 Å². The van der Waals surface area contributed by atoms with E-state index in [1.165, 1.54) is 23.5 Å². The lowest BCUT2D eigenvalue weighted by molar-refractivity contribution is -0.142. The van der Waals surface area contributed by atoms with Crippen LogP contribution in [-0.2, 0) is 28.5 Å². The minimum Gasteiger partial charge on any atom is -0.489 e. The van der Waals surface area contributed by atoms with E-state index >= 15 is 0 Å². The Kier molecular flexibility index (Phi) is 6.20. The molecule has 0 saturated heterocycles. The molecule has 0 saturated carbocycles. The maximum absolute atomic E-state index is 13.4. The van der Waals surface area contributed by atoms with E-state index in [0.717, 1.165) is 22.6 Å². The van der Waals surface area contributed by atoms with Gasteiger partial charge in [0.05, 0.1) is 13.0 Å². The maximum atomic E-state index is 13.4. The van der Waals surface area contributed by atoms with E-state index in [4.69, 9.17) is 21.1 Å². The Morgan fingerprint density at radius 3 is 2.64 bits per heavy atom. The van der Waals surface area contributed by atoms with E-state index in [0.29, 0.717) is 17.9 Å². The highest BCUT2D eigenvalue weighted by Crippen LogP contribution is 2.32. The maximum Gasteiger partial charge on any atom is 0.310 e. The molecule has 148 valence electrons. The molecule has 0 amide bonds. The predicted octanol–water partition coefficient (Wildman–Crippen LogP) is 6.35. The molecule has 0 unspecified atom stereocenters. The summed E-state index contributed by atoms with van der Waals surface area (Å²) in [5, 5.41) is 3.16. The van der Waals surface area contributed by atoms with Crippen LogP contribution in [0.3, 0.4) is 0 Å². The zero-order valence-electron chi connectivity index (χ0n) is 15.4. The molecule has 3 nitrogen and oxygen atoms in total. The van der Waals surface area contributed by atoms with E-state index in [-0.39, 0.29) is 29.6 Å². The molecular weight excluding hydrogens is 406 g/mol. The first kappa shape index (κ1) is 20.6. The van der Waals surface area contributed by atoms with Crippen LogP contribution in [0, 0.1) is 0 Å². The van der Waals surface area contributed by atoms with Gasteiger partial charge in [-0.05, 0) is 47.5 Å². The van der Waals surface area contributed by atoms with Crippen LogP contribution in [0.5, 0.6) is 5.75 Å². The number of benzene rings is 2. The smallest absolute Gasteiger partial charge is 0.310 e. The lowest BCUT2D eigenvalue weighted by atomic mass is 10.1. The summed E-state index contributed by atoms with van der Waals surface area (Å²) in [6.07, 6.45) is 0.234. The lowest BCUT2D eigenvalue weighted by Gasteiger charge is -2.13. The summed E-state index contributed by atoms with van der Waals surface area (Å²) >= 11 is 7.64. The van der Waals surface area contributed by atoms with Crippen molar-refractivity contribution in [2.75, 3.05) is 6.61 Å². The number of halogens is 3. The molecule has 0 N–H and O–H groups in total. The van der Waals surface area contributed by atoms with Crippen molar-refractivity contribution in [1.29, 1.82) is 0 Å². The highest BCUT2D eigenvalue weighted by atomic mass is 35.5. The summed E-state index contributed by atoms with van der Waals surface area (Å²) < 4.78 is 38.5. The number of esters is 1. The van der Waals surface area contributed by atoms with Gasteiger partial charge >= 0.3 is 5.97 Å². The molecule has 3 rings (SSSR count). The fraction of sp³-hybridized carbons (Fsp3) is 0.286. The normalized spacial score (nSPS) is 11.6. The van der Waals surface area contributed by atoms with Crippen LogP contribution in [0.15, 0.2) is 41.8 Å². The summed E-state index contributed by atoms with van der Waals surface area (Å²) in [6, 6.07) is 9.77. The van der Waals surface area contributed by atoms with Gasteiger partial charge in [-0.2, -0.15) is 0 Å². The van der Waals surface area contributed by atoms with Gasteiger partial charge in [-0.1, -0.05) is 23.7 Å². The van der Waals surface area contributed by atoms with Gasteiger partial charge in [0.15, 0.2) is 0 Å². The van der Waals surface area contributed by atoms with E-state index in [9.17, 15) is 13.6 Å². The van der Waals surface area contributed by atoms with Gasteiger partial charge < -0.3 is 9.47 Å². The zero-order valence-corrected chi connectivity index (χ0v) is 17.0. The summed E-state index contributed by atoms with van der Waals surface area (Å²) in [6.45, 7) is 3.14. The Morgan fingerprint density at radius 2 is 1.96 bits per heavy atom. The van der Waals surface area contributed by atoms with Crippen LogP contribution >= 0.6 is 22.9 Å².